The molecule has 1 aliphatic rings. The zero-order valence-corrected chi connectivity index (χ0v) is 15.8. The van der Waals surface area contributed by atoms with Crippen molar-refractivity contribution in [2.24, 2.45) is 16.3 Å². The van der Waals surface area contributed by atoms with Gasteiger partial charge >= 0.3 is 0 Å². The molecule has 1 aromatic heterocycles. The van der Waals surface area contributed by atoms with E-state index in [9.17, 15) is 5.26 Å². The Bertz CT molecular complexity index is 804. The van der Waals surface area contributed by atoms with Gasteiger partial charge in [-0.3, -0.25) is 0 Å². The van der Waals surface area contributed by atoms with Gasteiger partial charge < -0.3 is 0 Å². The zero-order chi connectivity index (χ0) is 17.3. The van der Waals surface area contributed by atoms with Crippen LogP contribution in [0, 0.1) is 22.7 Å². The van der Waals surface area contributed by atoms with Crippen LogP contribution < -0.4 is 0 Å². The van der Waals surface area contributed by atoms with E-state index in [2.05, 4.69) is 31.8 Å². The van der Waals surface area contributed by atoms with Crippen molar-refractivity contribution in [2.75, 3.05) is 0 Å². The predicted octanol–water partition coefficient (Wildman–Crippen LogP) is 6.17. The molecule has 0 aliphatic heterocycles. The van der Waals surface area contributed by atoms with Crippen LogP contribution in [-0.4, -0.2) is 6.21 Å². The Morgan fingerprint density at radius 2 is 2.00 bits per heavy atom. The van der Waals surface area contributed by atoms with E-state index in [1.807, 2.05) is 30.5 Å². The summed E-state index contributed by atoms with van der Waals surface area (Å²) < 4.78 is 0. The molecule has 1 aliphatic carbocycles. The van der Waals surface area contributed by atoms with E-state index < -0.39 is 0 Å². The van der Waals surface area contributed by atoms with Crippen molar-refractivity contribution in [2.45, 2.75) is 40.0 Å². The number of benzene rings is 1. The van der Waals surface area contributed by atoms with Gasteiger partial charge in [0.15, 0.2) is 0 Å². The largest absolute Gasteiger partial charge is 0.244 e. The second-order valence-corrected chi connectivity index (χ2v) is 8.93. The molecule has 0 spiro atoms. The SMILES string of the molecule is CC(C)(C)[C@@H]1CCc2c(sc(N=Cc3ccc(Cl)cc3)c2C#N)C1. The fraction of sp³-hybridized carbons (Fsp3) is 0.400. The van der Waals surface area contributed by atoms with Gasteiger partial charge in [0.05, 0.1) is 5.56 Å². The average molecular weight is 357 g/mol. The van der Waals surface area contributed by atoms with Crippen LogP contribution in [0.25, 0.3) is 0 Å². The summed E-state index contributed by atoms with van der Waals surface area (Å²) in [4.78, 5) is 5.95. The Morgan fingerprint density at radius 3 is 2.62 bits per heavy atom. The molecule has 0 fully saturated rings. The first-order chi connectivity index (χ1) is 11.4. The standard InChI is InChI=1S/C20H21ClN2S/c1-20(2,3)14-6-9-16-17(11-22)19(24-18(16)10-14)23-12-13-4-7-15(21)8-5-13/h4-5,7-8,12,14H,6,9-10H2,1-3H3/t14-/m1/s1. The van der Waals surface area contributed by atoms with Crippen LogP contribution in [0.15, 0.2) is 29.3 Å². The lowest BCUT2D eigenvalue weighted by Crippen LogP contribution is -2.26. The number of thiophene rings is 1. The van der Waals surface area contributed by atoms with Gasteiger partial charge in [0, 0.05) is 16.1 Å². The maximum atomic E-state index is 9.59. The van der Waals surface area contributed by atoms with Crippen LogP contribution in [-0.2, 0) is 12.8 Å². The van der Waals surface area contributed by atoms with E-state index in [0.717, 1.165) is 35.4 Å². The third kappa shape index (κ3) is 3.55. The van der Waals surface area contributed by atoms with Crippen molar-refractivity contribution in [1.82, 2.24) is 0 Å². The van der Waals surface area contributed by atoms with Crippen molar-refractivity contribution in [1.29, 1.82) is 5.26 Å². The van der Waals surface area contributed by atoms with E-state index in [4.69, 9.17) is 11.6 Å². The summed E-state index contributed by atoms with van der Waals surface area (Å²) in [5.74, 6) is 0.670. The minimum atomic E-state index is 0.307. The number of hydrogen-bond donors (Lipinski definition) is 0. The van der Waals surface area contributed by atoms with E-state index in [0.29, 0.717) is 16.4 Å². The molecule has 24 heavy (non-hydrogen) atoms. The molecular weight excluding hydrogens is 336 g/mol. The molecule has 0 unspecified atom stereocenters. The highest BCUT2D eigenvalue weighted by molar-refractivity contribution is 7.16. The second kappa shape index (κ2) is 6.70. The maximum absolute atomic E-state index is 9.59. The van der Waals surface area contributed by atoms with Crippen molar-refractivity contribution in [3.05, 3.63) is 50.9 Å². The number of aliphatic imine (C=N–C) groups is 1. The molecule has 4 heteroatoms. The topological polar surface area (TPSA) is 36.1 Å². The van der Waals surface area contributed by atoms with Gasteiger partial charge in [0.2, 0.25) is 0 Å². The first-order valence-electron chi connectivity index (χ1n) is 8.22. The molecule has 1 atom stereocenters. The number of nitrogens with zero attached hydrogens (tertiary/aromatic N) is 2. The molecule has 0 amide bonds. The monoisotopic (exact) mass is 356 g/mol. The molecule has 1 heterocycles. The molecule has 0 N–H and O–H groups in total. The number of fused-ring (bicyclic) bond motifs is 1. The zero-order valence-electron chi connectivity index (χ0n) is 14.3. The van der Waals surface area contributed by atoms with Gasteiger partial charge in [-0.05, 0) is 53.9 Å². The first-order valence-corrected chi connectivity index (χ1v) is 9.42. The van der Waals surface area contributed by atoms with E-state index in [1.165, 1.54) is 10.4 Å². The van der Waals surface area contributed by atoms with Crippen LogP contribution in [0.1, 0.15) is 48.8 Å². The smallest absolute Gasteiger partial charge is 0.134 e. The molecule has 0 bridgehead atoms. The molecule has 2 aromatic rings. The van der Waals surface area contributed by atoms with E-state index in [1.54, 1.807) is 11.3 Å². The van der Waals surface area contributed by atoms with Crippen LogP contribution in [0.3, 0.4) is 0 Å². The highest BCUT2D eigenvalue weighted by Crippen LogP contribution is 2.44. The fourth-order valence-electron chi connectivity index (χ4n) is 3.20. The molecule has 0 radical (unpaired) electrons. The summed E-state index contributed by atoms with van der Waals surface area (Å²) in [6.07, 6.45) is 5.03. The first kappa shape index (κ1) is 17.2. The van der Waals surface area contributed by atoms with Gasteiger partial charge in [-0.25, -0.2) is 4.99 Å². The lowest BCUT2D eigenvalue weighted by molar-refractivity contribution is 0.218. The van der Waals surface area contributed by atoms with Crippen molar-refractivity contribution < 1.29 is 0 Å². The maximum Gasteiger partial charge on any atom is 0.134 e. The number of rotatable bonds is 2. The van der Waals surface area contributed by atoms with Crippen molar-refractivity contribution in [3.63, 3.8) is 0 Å². The minimum absolute atomic E-state index is 0.307. The Labute approximate surface area is 152 Å². The summed E-state index contributed by atoms with van der Waals surface area (Å²) in [6, 6.07) is 9.94. The third-order valence-electron chi connectivity index (χ3n) is 4.78. The van der Waals surface area contributed by atoms with Gasteiger partial charge in [0.1, 0.15) is 11.1 Å². The average Bonchev–Trinajstić information content (AvgIpc) is 2.90. The van der Waals surface area contributed by atoms with E-state index in [-0.39, 0.29) is 0 Å². The lowest BCUT2D eigenvalue weighted by atomic mass is 9.72. The van der Waals surface area contributed by atoms with E-state index >= 15 is 0 Å². The summed E-state index contributed by atoms with van der Waals surface area (Å²) >= 11 is 7.59. The Hall–Kier alpha value is -1.63. The summed E-state index contributed by atoms with van der Waals surface area (Å²) in [6.45, 7) is 6.92. The van der Waals surface area contributed by atoms with Crippen molar-refractivity contribution in [3.8, 4) is 6.07 Å². The number of hydrogen-bond acceptors (Lipinski definition) is 3. The van der Waals surface area contributed by atoms with Crippen LogP contribution in [0.4, 0.5) is 5.00 Å². The molecule has 1 aromatic carbocycles. The van der Waals surface area contributed by atoms with Gasteiger partial charge in [-0.2, -0.15) is 5.26 Å². The minimum Gasteiger partial charge on any atom is -0.244 e. The Morgan fingerprint density at radius 1 is 1.29 bits per heavy atom. The molecule has 0 saturated heterocycles. The predicted molar refractivity (Wildman–Crippen MR) is 103 cm³/mol. The van der Waals surface area contributed by atoms with Gasteiger partial charge in [0.25, 0.3) is 0 Å². The summed E-state index contributed by atoms with van der Waals surface area (Å²) in [5.41, 5.74) is 3.29. The second-order valence-electron chi connectivity index (χ2n) is 7.41. The summed E-state index contributed by atoms with van der Waals surface area (Å²) in [7, 11) is 0. The van der Waals surface area contributed by atoms with Crippen LogP contribution in [0.5, 0.6) is 0 Å². The Balaban J connectivity index is 1.89. The highest BCUT2D eigenvalue weighted by Gasteiger charge is 2.32. The van der Waals surface area contributed by atoms with Crippen LogP contribution in [0.2, 0.25) is 5.02 Å². The Kier molecular flexibility index (Phi) is 4.80. The molecule has 0 saturated carbocycles. The molecular formula is C20H21ClN2S. The lowest BCUT2D eigenvalue weighted by Gasteiger charge is -2.33. The van der Waals surface area contributed by atoms with Gasteiger partial charge in [-0.15, -0.1) is 11.3 Å². The molecule has 3 rings (SSSR count). The fourth-order valence-corrected chi connectivity index (χ4v) is 4.55. The summed E-state index contributed by atoms with van der Waals surface area (Å²) in [5, 5.41) is 11.1. The van der Waals surface area contributed by atoms with Gasteiger partial charge in [-0.1, -0.05) is 44.5 Å². The van der Waals surface area contributed by atoms with Crippen LogP contribution >= 0.6 is 22.9 Å². The third-order valence-corrected chi connectivity index (χ3v) is 6.20. The normalized spacial score (nSPS) is 17.7. The molecule has 124 valence electrons. The highest BCUT2D eigenvalue weighted by atomic mass is 35.5. The quantitative estimate of drug-likeness (QED) is 0.592. The molecule has 2 nitrogen and oxygen atoms in total. The number of halogens is 1. The number of nitriles is 1. The van der Waals surface area contributed by atoms with Crippen molar-refractivity contribution >= 4 is 34.2 Å².